The molecular weight excluding hydrogens is 290 g/mol. The summed E-state index contributed by atoms with van der Waals surface area (Å²) in [5, 5.41) is 0. The minimum absolute atomic E-state index is 0. The molecule has 5 heteroatoms. The van der Waals surface area contributed by atoms with E-state index < -0.39 is 0 Å². The van der Waals surface area contributed by atoms with Crippen LogP contribution in [0.4, 0.5) is 0 Å². The molecule has 0 aliphatic carbocycles. The second kappa shape index (κ2) is 6.22. The summed E-state index contributed by atoms with van der Waals surface area (Å²) in [6, 6.07) is 2.94. The molecule has 0 aliphatic rings. The first-order valence-electron chi connectivity index (χ1n) is 4.74. The van der Waals surface area contributed by atoms with Crippen molar-refractivity contribution in [3.8, 4) is 0 Å². The standard InChI is InChI=1S/C12H12O3S.Zn/c1-6(13)9-4-10(7(2)14)12(16)11(5-9)8(3)15;/h4-5,16H,1-3H3;/q;+2. The van der Waals surface area contributed by atoms with Crippen LogP contribution in [0.1, 0.15) is 51.8 Å². The predicted molar refractivity (Wildman–Crippen MR) is 63.7 cm³/mol. The normalized spacial score (nSPS) is 9.41. The zero-order valence-electron chi connectivity index (χ0n) is 10.0. The van der Waals surface area contributed by atoms with Gasteiger partial charge in [-0.05, 0) is 32.9 Å². The molecule has 0 amide bonds. The van der Waals surface area contributed by atoms with Gasteiger partial charge in [0.15, 0.2) is 17.3 Å². The minimum atomic E-state index is -0.212. The van der Waals surface area contributed by atoms with Crippen LogP contribution in [0.3, 0.4) is 0 Å². The van der Waals surface area contributed by atoms with E-state index in [-0.39, 0.29) is 36.8 Å². The first-order chi connectivity index (χ1) is 7.34. The Morgan fingerprint density at radius 3 is 1.47 bits per heavy atom. The van der Waals surface area contributed by atoms with E-state index in [1.165, 1.54) is 32.9 Å². The number of ketones is 3. The molecule has 0 bridgehead atoms. The van der Waals surface area contributed by atoms with Crippen molar-refractivity contribution in [2.45, 2.75) is 25.7 Å². The zero-order chi connectivity index (χ0) is 12.5. The molecule has 1 aromatic rings. The maximum absolute atomic E-state index is 11.3. The van der Waals surface area contributed by atoms with E-state index in [0.717, 1.165) is 0 Å². The molecule has 0 atom stereocenters. The Balaban J connectivity index is 0.00000256. The molecule has 0 aliphatic heterocycles. The molecule has 0 saturated heterocycles. The fourth-order valence-electron chi connectivity index (χ4n) is 1.37. The van der Waals surface area contributed by atoms with Crippen molar-refractivity contribution in [1.29, 1.82) is 0 Å². The zero-order valence-corrected chi connectivity index (χ0v) is 13.9. The van der Waals surface area contributed by atoms with Gasteiger partial charge in [0.05, 0.1) is 0 Å². The third kappa shape index (κ3) is 3.58. The van der Waals surface area contributed by atoms with Gasteiger partial charge in [0.2, 0.25) is 0 Å². The van der Waals surface area contributed by atoms with E-state index in [9.17, 15) is 14.4 Å². The molecule has 17 heavy (non-hydrogen) atoms. The fourth-order valence-corrected chi connectivity index (χ4v) is 1.82. The number of hydrogen-bond donors (Lipinski definition) is 1. The average molecular weight is 302 g/mol. The molecule has 0 saturated carbocycles. The summed E-state index contributed by atoms with van der Waals surface area (Å²) in [6.45, 7) is 4.15. The molecule has 0 fully saturated rings. The minimum Gasteiger partial charge on any atom is -0.295 e. The summed E-state index contributed by atoms with van der Waals surface area (Å²) >= 11 is 4.15. The van der Waals surface area contributed by atoms with Crippen LogP contribution in [0.15, 0.2) is 17.0 Å². The van der Waals surface area contributed by atoms with Crippen LogP contribution in [-0.4, -0.2) is 17.3 Å². The largest absolute Gasteiger partial charge is 2.00 e. The Morgan fingerprint density at radius 2 is 1.24 bits per heavy atom. The molecule has 0 spiro atoms. The molecular formula is C12H12O3SZn+2. The van der Waals surface area contributed by atoms with Gasteiger partial charge in [0.1, 0.15) is 0 Å². The second-order valence-corrected chi connectivity index (χ2v) is 4.04. The molecule has 84 valence electrons. The van der Waals surface area contributed by atoms with Crippen LogP contribution < -0.4 is 0 Å². The summed E-state index contributed by atoms with van der Waals surface area (Å²) in [7, 11) is 0. The van der Waals surface area contributed by atoms with E-state index in [2.05, 4.69) is 12.6 Å². The Morgan fingerprint density at radius 1 is 0.882 bits per heavy atom. The summed E-state index contributed by atoms with van der Waals surface area (Å²) in [6.07, 6.45) is 0. The number of rotatable bonds is 3. The molecule has 1 rings (SSSR count). The van der Waals surface area contributed by atoms with Gasteiger partial charge in [-0.25, -0.2) is 0 Å². The summed E-state index contributed by atoms with van der Waals surface area (Å²) in [5.74, 6) is -0.607. The third-order valence-corrected chi connectivity index (χ3v) is 2.76. The quantitative estimate of drug-likeness (QED) is 0.530. The summed E-state index contributed by atoms with van der Waals surface area (Å²) < 4.78 is 0. The Hall–Kier alpha value is -0.797. The fraction of sp³-hybridized carbons (Fsp3) is 0.250. The van der Waals surface area contributed by atoms with E-state index >= 15 is 0 Å². The number of carbonyl (C=O) groups is 3. The number of thiol groups is 1. The molecule has 0 aromatic heterocycles. The smallest absolute Gasteiger partial charge is 0.295 e. The van der Waals surface area contributed by atoms with Crippen molar-refractivity contribution in [2.24, 2.45) is 0 Å². The molecule has 0 unspecified atom stereocenters. The van der Waals surface area contributed by atoms with Gasteiger partial charge in [-0.1, -0.05) is 0 Å². The van der Waals surface area contributed by atoms with E-state index in [4.69, 9.17) is 0 Å². The van der Waals surface area contributed by atoms with Gasteiger partial charge in [-0.3, -0.25) is 14.4 Å². The second-order valence-electron chi connectivity index (χ2n) is 3.59. The first-order valence-corrected chi connectivity index (χ1v) is 5.19. The van der Waals surface area contributed by atoms with E-state index in [1.54, 1.807) is 0 Å². The van der Waals surface area contributed by atoms with Crippen molar-refractivity contribution in [1.82, 2.24) is 0 Å². The Kier molecular flexibility index (Phi) is 5.93. The maximum atomic E-state index is 11.3. The van der Waals surface area contributed by atoms with Crippen LogP contribution in [0, 0.1) is 0 Å². The van der Waals surface area contributed by atoms with Crippen molar-refractivity contribution < 1.29 is 33.9 Å². The van der Waals surface area contributed by atoms with Gasteiger partial charge < -0.3 is 0 Å². The molecule has 3 nitrogen and oxygen atoms in total. The van der Waals surface area contributed by atoms with Crippen LogP contribution in [0.5, 0.6) is 0 Å². The third-order valence-electron chi connectivity index (χ3n) is 2.28. The molecule has 0 radical (unpaired) electrons. The predicted octanol–water partition coefficient (Wildman–Crippen LogP) is 2.58. The number of carbonyl (C=O) groups excluding carboxylic acids is 3. The van der Waals surface area contributed by atoms with Crippen LogP contribution in [0.2, 0.25) is 0 Å². The maximum Gasteiger partial charge on any atom is 2.00 e. The van der Waals surface area contributed by atoms with Gasteiger partial charge in [-0.15, -0.1) is 12.6 Å². The van der Waals surface area contributed by atoms with E-state index in [1.807, 2.05) is 0 Å². The van der Waals surface area contributed by atoms with Gasteiger partial charge in [-0.2, -0.15) is 0 Å². The van der Waals surface area contributed by atoms with Crippen LogP contribution in [-0.2, 0) is 19.5 Å². The van der Waals surface area contributed by atoms with Gasteiger partial charge in [0, 0.05) is 21.6 Å². The first kappa shape index (κ1) is 16.2. The van der Waals surface area contributed by atoms with Crippen molar-refractivity contribution in [3.63, 3.8) is 0 Å². The Labute approximate surface area is 118 Å². The summed E-state index contributed by atoms with van der Waals surface area (Å²) in [4.78, 5) is 34.3. The van der Waals surface area contributed by atoms with Crippen molar-refractivity contribution >= 4 is 30.0 Å². The van der Waals surface area contributed by atoms with Gasteiger partial charge >= 0.3 is 19.5 Å². The number of hydrogen-bond acceptors (Lipinski definition) is 4. The number of Topliss-reactive ketones (excluding diaryl/α,β-unsaturated/α-hetero) is 3. The topological polar surface area (TPSA) is 51.2 Å². The molecule has 0 N–H and O–H groups in total. The molecule has 0 heterocycles. The van der Waals surface area contributed by atoms with Crippen molar-refractivity contribution in [2.75, 3.05) is 0 Å². The summed E-state index contributed by atoms with van der Waals surface area (Å²) in [5.41, 5.74) is 0.968. The van der Waals surface area contributed by atoms with Crippen LogP contribution in [0.25, 0.3) is 0 Å². The SMILES string of the molecule is CC(=O)c1cc(C(C)=O)c(S)c(C(C)=O)c1.[Zn+2]. The van der Waals surface area contributed by atoms with Crippen LogP contribution >= 0.6 is 12.6 Å². The Bertz CT molecular complexity index is 460. The average Bonchev–Trinajstić information content (AvgIpc) is 2.16. The van der Waals surface area contributed by atoms with Crippen molar-refractivity contribution in [3.05, 3.63) is 28.8 Å². The monoisotopic (exact) mass is 300 g/mol. The molecule has 1 aromatic carbocycles. The van der Waals surface area contributed by atoms with E-state index in [0.29, 0.717) is 21.6 Å². The number of benzene rings is 1. The van der Waals surface area contributed by atoms with Gasteiger partial charge in [0.25, 0.3) is 0 Å².